The van der Waals surface area contributed by atoms with E-state index < -0.39 is 0 Å². The summed E-state index contributed by atoms with van der Waals surface area (Å²) in [5.41, 5.74) is 0.884. The van der Waals surface area contributed by atoms with E-state index in [2.05, 4.69) is 5.32 Å². The summed E-state index contributed by atoms with van der Waals surface area (Å²) in [6.45, 7) is 1.53. The molecule has 3 atom stereocenters. The molecular formula is C16H22FNO2. The van der Waals surface area contributed by atoms with Gasteiger partial charge in [-0.05, 0) is 36.5 Å². The molecular weight excluding hydrogens is 257 g/mol. The molecule has 3 unspecified atom stereocenters. The van der Waals surface area contributed by atoms with Gasteiger partial charge in [-0.25, -0.2) is 4.39 Å². The second kappa shape index (κ2) is 6.10. The van der Waals surface area contributed by atoms with Crippen LogP contribution in [0.1, 0.15) is 37.4 Å². The third-order valence-electron chi connectivity index (χ3n) is 4.53. The number of hydrogen-bond acceptors (Lipinski definition) is 3. The lowest BCUT2D eigenvalue weighted by atomic mass is 9.85. The molecule has 1 N–H and O–H groups in total. The van der Waals surface area contributed by atoms with Gasteiger partial charge in [0.15, 0.2) is 11.6 Å². The van der Waals surface area contributed by atoms with E-state index in [0.29, 0.717) is 12.0 Å². The van der Waals surface area contributed by atoms with Crippen LogP contribution >= 0.6 is 0 Å². The van der Waals surface area contributed by atoms with Gasteiger partial charge >= 0.3 is 0 Å². The zero-order valence-corrected chi connectivity index (χ0v) is 11.9. The van der Waals surface area contributed by atoms with Gasteiger partial charge in [-0.3, -0.25) is 0 Å². The van der Waals surface area contributed by atoms with Gasteiger partial charge in [0.25, 0.3) is 0 Å². The van der Waals surface area contributed by atoms with E-state index >= 15 is 0 Å². The second-order valence-electron chi connectivity index (χ2n) is 5.78. The maximum atomic E-state index is 13.8. The van der Waals surface area contributed by atoms with Crippen molar-refractivity contribution in [3.8, 4) is 5.75 Å². The summed E-state index contributed by atoms with van der Waals surface area (Å²) in [6.07, 6.45) is 5.00. The highest BCUT2D eigenvalue weighted by Crippen LogP contribution is 2.31. The summed E-state index contributed by atoms with van der Waals surface area (Å²) < 4.78 is 24.8. The Kier molecular flexibility index (Phi) is 4.22. The molecule has 1 aliphatic heterocycles. The number of rotatable bonds is 2. The average Bonchev–Trinajstić information content (AvgIpc) is 2.70. The predicted molar refractivity (Wildman–Crippen MR) is 75.4 cm³/mol. The summed E-state index contributed by atoms with van der Waals surface area (Å²) >= 11 is 0. The third kappa shape index (κ3) is 2.81. The van der Waals surface area contributed by atoms with Crippen LogP contribution in [0.25, 0.3) is 0 Å². The maximum Gasteiger partial charge on any atom is 0.165 e. The van der Waals surface area contributed by atoms with Crippen molar-refractivity contribution in [3.63, 3.8) is 0 Å². The third-order valence-corrected chi connectivity index (χ3v) is 4.53. The normalized spacial score (nSPS) is 30.4. The van der Waals surface area contributed by atoms with E-state index in [1.807, 2.05) is 6.07 Å². The molecule has 1 saturated carbocycles. The maximum absolute atomic E-state index is 13.8. The number of hydrogen-bond donors (Lipinski definition) is 1. The first kappa shape index (κ1) is 13.8. The Balaban J connectivity index is 1.72. The van der Waals surface area contributed by atoms with Crippen LogP contribution in [0.15, 0.2) is 18.2 Å². The van der Waals surface area contributed by atoms with Crippen LogP contribution in [0.2, 0.25) is 0 Å². The Morgan fingerprint density at radius 1 is 1.30 bits per heavy atom. The quantitative estimate of drug-likeness (QED) is 0.902. The average molecular weight is 279 g/mol. The number of halogens is 1. The lowest BCUT2D eigenvalue weighted by molar-refractivity contribution is 0.0399. The minimum Gasteiger partial charge on any atom is -0.494 e. The highest BCUT2D eigenvalue weighted by Gasteiger charge is 2.30. The first-order valence-corrected chi connectivity index (χ1v) is 7.46. The number of benzene rings is 1. The second-order valence-corrected chi connectivity index (χ2v) is 5.78. The molecule has 1 aromatic rings. The topological polar surface area (TPSA) is 30.5 Å². The molecule has 110 valence electrons. The largest absolute Gasteiger partial charge is 0.494 e. The molecule has 0 radical (unpaired) electrons. The molecule has 3 nitrogen and oxygen atoms in total. The van der Waals surface area contributed by atoms with Crippen LogP contribution in [0, 0.1) is 11.7 Å². The molecule has 4 heteroatoms. The van der Waals surface area contributed by atoms with E-state index in [4.69, 9.17) is 9.47 Å². The summed E-state index contributed by atoms with van der Waals surface area (Å²) in [5.74, 6) is 0.566. The van der Waals surface area contributed by atoms with Gasteiger partial charge in [0, 0.05) is 12.6 Å². The number of fused-ring (bicyclic) bond motifs is 1. The molecule has 3 rings (SSSR count). The molecule has 0 bridgehead atoms. The van der Waals surface area contributed by atoms with Crippen molar-refractivity contribution in [1.82, 2.24) is 5.32 Å². The highest BCUT2D eigenvalue weighted by atomic mass is 19.1. The number of nitrogens with one attached hydrogen (secondary N) is 1. The van der Waals surface area contributed by atoms with Crippen molar-refractivity contribution >= 4 is 0 Å². The molecule has 2 aliphatic rings. The fraction of sp³-hybridized carbons (Fsp3) is 0.625. The lowest BCUT2D eigenvalue weighted by Gasteiger charge is -2.29. The van der Waals surface area contributed by atoms with Gasteiger partial charge in [0.05, 0.1) is 19.8 Å². The van der Waals surface area contributed by atoms with Gasteiger partial charge in [0.2, 0.25) is 0 Å². The summed E-state index contributed by atoms with van der Waals surface area (Å²) in [5, 5.41) is 3.60. The first-order valence-electron chi connectivity index (χ1n) is 7.46. The van der Waals surface area contributed by atoms with Crippen molar-refractivity contribution < 1.29 is 13.9 Å². The minimum absolute atomic E-state index is 0.0685. The van der Waals surface area contributed by atoms with Gasteiger partial charge in [-0.1, -0.05) is 18.9 Å². The van der Waals surface area contributed by atoms with Crippen molar-refractivity contribution in [3.05, 3.63) is 29.6 Å². The molecule has 0 amide bonds. The molecule has 1 saturated heterocycles. The van der Waals surface area contributed by atoms with Gasteiger partial charge in [-0.2, -0.15) is 0 Å². The summed E-state index contributed by atoms with van der Waals surface area (Å²) in [4.78, 5) is 0. The predicted octanol–water partition coefficient (Wildman–Crippen LogP) is 3.05. The number of methoxy groups -OCH3 is 1. The molecule has 0 aromatic heterocycles. The number of ether oxygens (including phenoxy) is 2. The van der Waals surface area contributed by atoms with Crippen molar-refractivity contribution in [2.45, 2.75) is 37.8 Å². The van der Waals surface area contributed by atoms with Gasteiger partial charge < -0.3 is 14.8 Å². The van der Waals surface area contributed by atoms with E-state index in [-0.39, 0.29) is 17.7 Å². The van der Waals surface area contributed by atoms with Crippen LogP contribution in [-0.4, -0.2) is 26.3 Å². The molecule has 1 aromatic carbocycles. The van der Waals surface area contributed by atoms with Gasteiger partial charge in [0.1, 0.15) is 0 Å². The van der Waals surface area contributed by atoms with E-state index in [0.717, 1.165) is 18.7 Å². The van der Waals surface area contributed by atoms with Crippen molar-refractivity contribution in [2.24, 2.45) is 5.92 Å². The zero-order valence-electron chi connectivity index (χ0n) is 11.9. The zero-order chi connectivity index (χ0) is 13.9. The minimum atomic E-state index is -0.324. The Morgan fingerprint density at radius 2 is 2.15 bits per heavy atom. The first-order chi connectivity index (χ1) is 9.78. The Hall–Kier alpha value is -1.13. The molecule has 1 heterocycles. The van der Waals surface area contributed by atoms with Gasteiger partial charge in [-0.15, -0.1) is 0 Å². The van der Waals surface area contributed by atoms with Crippen molar-refractivity contribution in [1.29, 1.82) is 0 Å². The fourth-order valence-corrected chi connectivity index (χ4v) is 3.33. The lowest BCUT2D eigenvalue weighted by Crippen LogP contribution is -2.38. The van der Waals surface area contributed by atoms with Crippen LogP contribution in [0.5, 0.6) is 5.75 Å². The van der Waals surface area contributed by atoms with Crippen LogP contribution in [0.3, 0.4) is 0 Å². The van der Waals surface area contributed by atoms with E-state index in [1.165, 1.54) is 38.9 Å². The Bertz CT molecular complexity index is 450. The van der Waals surface area contributed by atoms with Crippen LogP contribution < -0.4 is 10.1 Å². The summed E-state index contributed by atoms with van der Waals surface area (Å²) in [7, 11) is 1.48. The Labute approximate surface area is 119 Å². The molecule has 1 aliphatic carbocycles. The highest BCUT2D eigenvalue weighted by molar-refractivity contribution is 5.30. The smallest absolute Gasteiger partial charge is 0.165 e. The standard InChI is InChI=1S/C16H22FNO2/c1-19-15-7-6-11(8-13(15)17)16-9-18-14-5-3-2-4-12(14)10-20-16/h6-8,12,14,16,18H,2-5,9-10H2,1H3. The molecule has 0 spiro atoms. The monoisotopic (exact) mass is 279 g/mol. The summed E-state index contributed by atoms with van der Waals surface area (Å²) in [6, 6.07) is 5.66. The molecule has 20 heavy (non-hydrogen) atoms. The van der Waals surface area contributed by atoms with E-state index in [1.54, 1.807) is 6.07 Å². The van der Waals surface area contributed by atoms with Crippen LogP contribution in [-0.2, 0) is 4.74 Å². The van der Waals surface area contributed by atoms with Crippen LogP contribution in [0.4, 0.5) is 4.39 Å². The van der Waals surface area contributed by atoms with E-state index in [9.17, 15) is 4.39 Å². The Morgan fingerprint density at radius 3 is 2.95 bits per heavy atom. The molecule has 2 fully saturated rings. The fourth-order valence-electron chi connectivity index (χ4n) is 3.33. The van der Waals surface area contributed by atoms with Crippen molar-refractivity contribution in [2.75, 3.05) is 20.3 Å². The SMILES string of the molecule is COc1ccc(C2CNC3CCCCC3CO2)cc1F.